The van der Waals surface area contributed by atoms with Gasteiger partial charge in [-0.2, -0.15) is 0 Å². The first-order chi connectivity index (χ1) is 6.45. The van der Waals surface area contributed by atoms with Gasteiger partial charge < -0.3 is 0 Å². The average molecular weight is 180 g/mol. The fourth-order valence-corrected chi connectivity index (χ4v) is 3.28. The van der Waals surface area contributed by atoms with Crippen LogP contribution in [-0.2, 0) is 0 Å². The largest absolute Gasteiger partial charge is 0.0533 e. The van der Waals surface area contributed by atoms with E-state index in [1.54, 1.807) is 32.1 Å². The molecule has 13 heavy (non-hydrogen) atoms. The topological polar surface area (TPSA) is 0 Å². The smallest absolute Gasteiger partial charge is 0.0412 e. The van der Waals surface area contributed by atoms with E-state index in [2.05, 4.69) is 0 Å². The molecule has 0 aromatic carbocycles. The van der Waals surface area contributed by atoms with E-state index < -0.39 is 0 Å². The van der Waals surface area contributed by atoms with Crippen molar-refractivity contribution in [2.24, 2.45) is 11.8 Å². The lowest BCUT2D eigenvalue weighted by atomic mass is 9.97. The Balaban J connectivity index is 1.79. The van der Waals surface area contributed by atoms with E-state index in [0.717, 1.165) is 11.8 Å². The lowest BCUT2D eigenvalue weighted by Gasteiger charge is -2.09. The van der Waals surface area contributed by atoms with Crippen molar-refractivity contribution in [3.63, 3.8) is 0 Å². The standard InChI is InChI=1S/C13H24/c1-2-4-6-8-13-10-9-12(11-13)7-5-3-1/h12-13H,1-11H2. The van der Waals surface area contributed by atoms with Crippen LogP contribution in [0.4, 0.5) is 0 Å². The summed E-state index contributed by atoms with van der Waals surface area (Å²) in [6, 6.07) is 0. The number of hydrogen-bond acceptors (Lipinski definition) is 0. The summed E-state index contributed by atoms with van der Waals surface area (Å²) < 4.78 is 0. The summed E-state index contributed by atoms with van der Waals surface area (Å²) in [6.45, 7) is 0. The predicted molar refractivity (Wildman–Crippen MR) is 57.8 cm³/mol. The van der Waals surface area contributed by atoms with Crippen LogP contribution >= 0.6 is 0 Å². The highest BCUT2D eigenvalue weighted by Gasteiger charge is 2.23. The Morgan fingerprint density at radius 1 is 0.462 bits per heavy atom. The second kappa shape index (κ2) is 5.02. The van der Waals surface area contributed by atoms with Gasteiger partial charge in [0.15, 0.2) is 0 Å². The minimum atomic E-state index is 1.13. The highest BCUT2D eigenvalue weighted by molar-refractivity contribution is 4.76. The van der Waals surface area contributed by atoms with Crippen LogP contribution < -0.4 is 0 Å². The number of rotatable bonds is 0. The second-order valence-electron chi connectivity index (χ2n) is 5.24. The van der Waals surface area contributed by atoms with Crippen molar-refractivity contribution >= 4 is 0 Å². The van der Waals surface area contributed by atoms with Gasteiger partial charge in [0.05, 0.1) is 0 Å². The molecular weight excluding hydrogens is 156 g/mol. The normalized spacial score (nSPS) is 36.9. The first-order valence-corrected chi connectivity index (χ1v) is 6.45. The van der Waals surface area contributed by atoms with Crippen molar-refractivity contribution in [1.82, 2.24) is 0 Å². The third kappa shape index (κ3) is 3.00. The quantitative estimate of drug-likeness (QED) is 0.513. The molecule has 0 amide bonds. The molecule has 0 nitrogen and oxygen atoms in total. The number of hydrogen-bond donors (Lipinski definition) is 0. The molecule has 2 unspecified atom stereocenters. The molecule has 2 atom stereocenters. The van der Waals surface area contributed by atoms with Gasteiger partial charge in [0.2, 0.25) is 0 Å². The van der Waals surface area contributed by atoms with Crippen molar-refractivity contribution in [3.05, 3.63) is 0 Å². The number of fused-ring (bicyclic) bond motifs is 2. The van der Waals surface area contributed by atoms with Gasteiger partial charge in [-0.1, -0.05) is 64.2 Å². The van der Waals surface area contributed by atoms with Gasteiger partial charge in [-0.15, -0.1) is 0 Å². The molecule has 2 aliphatic carbocycles. The van der Waals surface area contributed by atoms with Crippen molar-refractivity contribution in [2.75, 3.05) is 0 Å². The van der Waals surface area contributed by atoms with Gasteiger partial charge in [-0.05, 0) is 18.3 Å². The van der Waals surface area contributed by atoms with Crippen LogP contribution in [-0.4, -0.2) is 0 Å². The van der Waals surface area contributed by atoms with E-state index in [1.165, 1.54) is 38.5 Å². The second-order valence-corrected chi connectivity index (χ2v) is 5.24. The fourth-order valence-electron chi connectivity index (χ4n) is 3.28. The summed E-state index contributed by atoms with van der Waals surface area (Å²) in [5.41, 5.74) is 0. The van der Waals surface area contributed by atoms with Crippen LogP contribution in [0.25, 0.3) is 0 Å². The highest BCUT2D eigenvalue weighted by atomic mass is 14.3. The van der Waals surface area contributed by atoms with Crippen LogP contribution in [0.3, 0.4) is 0 Å². The van der Waals surface area contributed by atoms with Gasteiger partial charge in [0.1, 0.15) is 0 Å². The van der Waals surface area contributed by atoms with E-state index in [0.29, 0.717) is 0 Å². The Morgan fingerprint density at radius 2 is 0.923 bits per heavy atom. The predicted octanol–water partition coefficient (Wildman–Crippen LogP) is 4.54. The molecular formula is C13H24. The van der Waals surface area contributed by atoms with E-state index >= 15 is 0 Å². The van der Waals surface area contributed by atoms with Crippen molar-refractivity contribution in [3.8, 4) is 0 Å². The molecule has 0 aromatic heterocycles. The van der Waals surface area contributed by atoms with Crippen molar-refractivity contribution in [2.45, 2.75) is 70.6 Å². The monoisotopic (exact) mass is 180 g/mol. The molecule has 2 saturated carbocycles. The van der Waals surface area contributed by atoms with Gasteiger partial charge in [0, 0.05) is 0 Å². The van der Waals surface area contributed by atoms with Crippen LogP contribution in [0.1, 0.15) is 70.6 Å². The lowest BCUT2D eigenvalue weighted by Crippen LogP contribution is -1.96. The molecule has 0 aromatic rings. The Labute approximate surface area is 83.1 Å². The zero-order chi connectivity index (χ0) is 8.93. The summed E-state index contributed by atoms with van der Waals surface area (Å²) >= 11 is 0. The van der Waals surface area contributed by atoms with E-state index in [1.807, 2.05) is 0 Å². The van der Waals surface area contributed by atoms with Crippen LogP contribution in [0.5, 0.6) is 0 Å². The summed E-state index contributed by atoms with van der Waals surface area (Å²) in [5.74, 6) is 2.26. The maximum Gasteiger partial charge on any atom is -0.0412 e. The third-order valence-electron chi connectivity index (χ3n) is 4.12. The van der Waals surface area contributed by atoms with Crippen molar-refractivity contribution in [1.29, 1.82) is 0 Å². The molecule has 0 N–H and O–H groups in total. The zero-order valence-corrected chi connectivity index (χ0v) is 8.93. The first kappa shape index (κ1) is 9.55. The Hall–Kier alpha value is 0. The maximum absolute atomic E-state index is 1.58. The SMILES string of the molecule is C1CCCCC2CCC(CCC1)C2. The minimum absolute atomic E-state index is 1.13. The molecule has 2 aliphatic rings. The van der Waals surface area contributed by atoms with Crippen LogP contribution in [0.2, 0.25) is 0 Å². The zero-order valence-electron chi connectivity index (χ0n) is 8.93. The molecule has 0 heterocycles. The van der Waals surface area contributed by atoms with Crippen LogP contribution in [0.15, 0.2) is 0 Å². The fraction of sp³-hybridized carbons (Fsp3) is 1.00. The molecule has 0 saturated heterocycles. The highest BCUT2D eigenvalue weighted by Crippen LogP contribution is 2.37. The Bertz CT molecular complexity index is 123. The molecule has 0 spiro atoms. The van der Waals surface area contributed by atoms with Gasteiger partial charge in [-0.25, -0.2) is 0 Å². The van der Waals surface area contributed by atoms with Gasteiger partial charge in [-0.3, -0.25) is 0 Å². The molecule has 0 aliphatic heterocycles. The lowest BCUT2D eigenvalue weighted by molar-refractivity contribution is 0.432. The average Bonchev–Trinajstić information content (AvgIpc) is 2.52. The molecule has 0 heteroatoms. The summed E-state index contributed by atoms with van der Waals surface area (Å²) in [4.78, 5) is 0. The van der Waals surface area contributed by atoms with E-state index in [4.69, 9.17) is 0 Å². The van der Waals surface area contributed by atoms with E-state index in [9.17, 15) is 0 Å². The Kier molecular flexibility index (Phi) is 3.69. The van der Waals surface area contributed by atoms with Crippen LogP contribution in [0, 0.1) is 11.8 Å². The maximum atomic E-state index is 1.58. The van der Waals surface area contributed by atoms with E-state index in [-0.39, 0.29) is 0 Å². The third-order valence-corrected chi connectivity index (χ3v) is 4.12. The summed E-state index contributed by atoms with van der Waals surface area (Å²) in [6.07, 6.45) is 16.9. The molecule has 0 radical (unpaired) electrons. The minimum Gasteiger partial charge on any atom is -0.0533 e. The molecule has 2 rings (SSSR count). The summed E-state index contributed by atoms with van der Waals surface area (Å²) in [7, 11) is 0. The summed E-state index contributed by atoms with van der Waals surface area (Å²) in [5, 5.41) is 0. The first-order valence-electron chi connectivity index (χ1n) is 6.45. The van der Waals surface area contributed by atoms with Crippen molar-refractivity contribution < 1.29 is 0 Å². The molecule has 2 bridgehead atoms. The Morgan fingerprint density at radius 3 is 1.46 bits per heavy atom. The van der Waals surface area contributed by atoms with Gasteiger partial charge in [0.25, 0.3) is 0 Å². The molecule has 2 fully saturated rings. The van der Waals surface area contributed by atoms with Gasteiger partial charge >= 0.3 is 0 Å². The molecule has 76 valence electrons.